The second-order valence-electron chi connectivity index (χ2n) is 6.76. The van der Waals surface area contributed by atoms with Crippen LogP contribution in [0.15, 0.2) is 0 Å². The Bertz CT molecular complexity index is 260. The Morgan fingerprint density at radius 2 is 1.70 bits per heavy atom. The van der Waals surface area contributed by atoms with Crippen molar-refractivity contribution in [3.05, 3.63) is 0 Å². The van der Waals surface area contributed by atoms with E-state index < -0.39 is 0 Å². The van der Waals surface area contributed by atoms with Crippen molar-refractivity contribution < 1.29 is 4.79 Å². The van der Waals surface area contributed by atoms with Crippen LogP contribution in [-0.4, -0.2) is 24.5 Å². The Balaban J connectivity index is 1.96. The smallest absolute Gasteiger partial charge is 0.237 e. The molecular weight excluding hydrogens is 248 g/mol. The number of carbonyl (C=O) groups is 1. The maximum atomic E-state index is 12.0. The Hall–Kier alpha value is -0.570. The van der Waals surface area contributed by atoms with Gasteiger partial charge in [0.05, 0.1) is 6.04 Å². The van der Waals surface area contributed by atoms with Crippen molar-refractivity contribution >= 4 is 5.91 Å². The van der Waals surface area contributed by atoms with E-state index in [2.05, 4.69) is 24.5 Å². The van der Waals surface area contributed by atoms with E-state index in [9.17, 15) is 4.79 Å². The van der Waals surface area contributed by atoms with Crippen molar-refractivity contribution in [1.29, 1.82) is 0 Å². The number of rotatable bonds is 10. The number of carbonyl (C=O) groups excluding carboxylic acids is 1. The van der Waals surface area contributed by atoms with E-state index in [4.69, 9.17) is 0 Å². The van der Waals surface area contributed by atoms with Crippen LogP contribution in [0.2, 0.25) is 0 Å². The number of unbranched alkanes of at least 4 members (excludes halogenated alkanes) is 3. The summed E-state index contributed by atoms with van der Waals surface area (Å²) >= 11 is 0. The fourth-order valence-corrected chi connectivity index (χ4v) is 2.84. The van der Waals surface area contributed by atoms with Crippen LogP contribution in [0.25, 0.3) is 0 Å². The lowest BCUT2D eigenvalue weighted by atomic mass is 10.0. The van der Waals surface area contributed by atoms with Crippen LogP contribution in [0.5, 0.6) is 0 Å². The van der Waals surface area contributed by atoms with Crippen LogP contribution < -0.4 is 10.6 Å². The number of hydrogen-bond donors (Lipinski definition) is 2. The van der Waals surface area contributed by atoms with Crippen molar-refractivity contribution in [3.8, 4) is 0 Å². The summed E-state index contributed by atoms with van der Waals surface area (Å²) in [5.41, 5.74) is 0. The third kappa shape index (κ3) is 7.88. The van der Waals surface area contributed by atoms with Gasteiger partial charge in [-0.3, -0.25) is 4.79 Å². The average molecular weight is 282 g/mol. The van der Waals surface area contributed by atoms with Gasteiger partial charge in [0.15, 0.2) is 0 Å². The van der Waals surface area contributed by atoms with Gasteiger partial charge in [-0.2, -0.15) is 0 Å². The zero-order chi connectivity index (χ0) is 14.8. The lowest BCUT2D eigenvalue weighted by molar-refractivity contribution is -0.123. The van der Waals surface area contributed by atoms with Crippen molar-refractivity contribution in [1.82, 2.24) is 10.6 Å². The maximum absolute atomic E-state index is 12.0. The first-order valence-electron chi connectivity index (χ1n) is 8.63. The zero-order valence-corrected chi connectivity index (χ0v) is 13.7. The van der Waals surface area contributed by atoms with Crippen LogP contribution in [0.1, 0.15) is 78.6 Å². The molecule has 1 fully saturated rings. The fourth-order valence-electron chi connectivity index (χ4n) is 2.84. The molecule has 0 aliphatic heterocycles. The molecule has 0 aromatic heterocycles. The van der Waals surface area contributed by atoms with Crippen molar-refractivity contribution in [2.75, 3.05) is 6.54 Å². The molecule has 1 rings (SSSR count). The normalized spacial score (nSPS) is 17.6. The number of nitrogens with one attached hydrogen (secondary N) is 2. The summed E-state index contributed by atoms with van der Waals surface area (Å²) in [5, 5.41) is 6.49. The molecule has 1 unspecified atom stereocenters. The molecule has 0 heterocycles. The molecule has 3 heteroatoms. The van der Waals surface area contributed by atoms with Gasteiger partial charge in [-0.05, 0) is 38.6 Å². The van der Waals surface area contributed by atoms with E-state index in [1.807, 2.05) is 6.92 Å². The van der Waals surface area contributed by atoms with Gasteiger partial charge < -0.3 is 10.6 Å². The fraction of sp³-hybridized carbons (Fsp3) is 0.941. The molecule has 3 nitrogen and oxygen atoms in total. The summed E-state index contributed by atoms with van der Waals surface area (Å²) in [6.07, 6.45) is 11.3. The maximum Gasteiger partial charge on any atom is 0.237 e. The van der Waals surface area contributed by atoms with Gasteiger partial charge in [0.2, 0.25) is 5.91 Å². The first-order chi connectivity index (χ1) is 9.59. The predicted molar refractivity (Wildman–Crippen MR) is 85.8 cm³/mol. The molecule has 0 radical (unpaired) electrons. The van der Waals surface area contributed by atoms with Crippen molar-refractivity contribution in [3.63, 3.8) is 0 Å². The first-order valence-corrected chi connectivity index (χ1v) is 8.63. The molecule has 20 heavy (non-hydrogen) atoms. The Kier molecular flexibility index (Phi) is 8.92. The highest BCUT2D eigenvalue weighted by Crippen LogP contribution is 2.17. The van der Waals surface area contributed by atoms with Crippen molar-refractivity contribution in [2.24, 2.45) is 5.92 Å². The van der Waals surface area contributed by atoms with Crippen molar-refractivity contribution in [2.45, 2.75) is 90.6 Å². The van der Waals surface area contributed by atoms with E-state index in [-0.39, 0.29) is 11.9 Å². The van der Waals surface area contributed by atoms with Gasteiger partial charge in [0, 0.05) is 6.04 Å². The monoisotopic (exact) mass is 282 g/mol. The third-order valence-corrected chi connectivity index (χ3v) is 4.25. The molecule has 2 N–H and O–H groups in total. The molecule has 1 amide bonds. The van der Waals surface area contributed by atoms with Gasteiger partial charge >= 0.3 is 0 Å². The van der Waals surface area contributed by atoms with E-state index in [0.29, 0.717) is 6.04 Å². The van der Waals surface area contributed by atoms with Crippen LogP contribution in [0.3, 0.4) is 0 Å². The quantitative estimate of drug-likeness (QED) is 0.601. The molecule has 0 spiro atoms. The van der Waals surface area contributed by atoms with Gasteiger partial charge in [-0.15, -0.1) is 0 Å². The van der Waals surface area contributed by atoms with Gasteiger partial charge in [0.25, 0.3) is 0 Å². The van der Waals surface area contributed by atoms with Gasteiger partial charge in [-0.1, -0.05) is 52.4 Å². The largest absolute Gasteiger partial charge is 0.352 e. The summed E-state index contributed by atoms with van der Waals surface area (Å²) < 4.78 is 0. The van der Waals surface area contributed by atoms with Crippen LogP contribution in [0, 0.1) is 5.92 Å². The van der Waals surface area contributed by atoms with Gasteiger partial charge in [0.1, 0.15) is 0 Å². The molecule has 0 aromatic rings. The van der Waals surface area contributed by atoms with E-state index >= 15 is 0 Å². The minimum absolute atomic E-state index is 0.0498. The van der Waals surface area contributed by atoms with Crippen LogP contribution in [0.4, 0.5) is 0 Å². The molecule has 0 saturated heterocycles. The molecule has 1 saturated carbocycles. The topological polar surface area (TPSA) is 41.1 Å². The standard InChI is InChI=1S/C17H34N2O/c1-14(2)10-6-4-5-9-13-18-15(3)17(20)19-16-11-7-8-12-16/h14-16,18H,4-13H2,1-3H3,(H,19,20). The van der Waals surface area contributed by atoms with Crippen LogP contribution in [-0.2, 0) is 4.79 Å². The predicted octanol–water partition coefficient (Wildman–Crippen LogP) is 3.63. The lowest BCUT2D eigenvalue weighted by Crippen LogP contribution is -2.45. The number of hydrogen-bond acceptors (Lipinski definition) is 2. The third-order valence-electron chi connectivity index (χ3n) is 4.25. The number of amides is 1. The summed E-state index contributed by atoms with van der Waals surface area (Å²) in [6, 6.07) is 0.383. The van der Waals surface area contributed by atoms with E-state index in [0.717, 1.165) is 25.3 Å². The zero-order valence-electron chi connectivity index (χ0n) is 13.7. The molecule has 0 aromatic carbocycles. The minimum atomic E-state index is -0.0498. The van der Waals surface area contributed by atoms with Crippen LogP contribution >= 0.6 is 0 Å². The summed E-state index contributed by atoms with van der Waals surface area (Å²) in [4.78, 5) is 12.0. The van der Waals surface area contributed by atoms with Gasteiger partial charge in [-0.25, -0.2) is 0 Å². The SMILES string of the molecule is CC(C)CCCCCCNC(C)C(=O)NC1CCCC1. The second-order valence-corrected chi connectivity index (χ2v) is 6.76. The molecule has 1 aliphatic carbocycles. The molecule has 0 bridgehead atoms. The Morgan fingerprint density at radius 1 is 1.05 bits per heavy atom. The molecule has 1 atom stereocenters. The lowest BCUT2D eigenvalue weighted by Gasteiger charge is -2.17. The van der Waals surface area contributed by atoms with E-state index in [1.54, 1.807) is 0 Å². The molecule has 1 aliphatic rings. The average Bonchev–Trinajstić information content (AvgIpc) is 2.89. The summed E-state index contributed by atoms with van der Waals surface area (Å²) in [5.74, 6) is 1.00. The highest BCUT2D eigenvalue weighted by molar-refractivity contribution is 5.81. The highest BCUT2D eigenvalue weighted by atomic mass is 16.2. The first kappa shape index (κ1) is 17.5. The Labute approximate surface area is 125 Å². The molecule has 118 valence electrons. The van der Waals surface area contributed by atoms with E-state index in [1.165, 1.54) is 44.9 Å². The minimum Gasteiger partial charge on any atom is -0.352 e. The second kappa shape index (κ2) is 10.2. The molecular formula is C17H34N2O. The summed E-state index contributed by atoms with van der Waals surface area (Å²) in [6.45, 7) is 7.50. The Morgan fingerprint density at radius 3 is 2.35 bits per heavy atom. The summed E-state index contributed by atoms with van der Waals surface area (Å²) in [7, 11) is 0. The highest BCUT2D eigenvalue weighted by Gasteiger charge is 2.19.